The molecule has 4 nitrogen and oxygen atoms in total. The van der Waals surface area contributed by atoms with E-state index in [1.807, 2.05) is 13.1 Å². The second kappa shape index (κ2) is 5.72. The summed E-state index contributed by atoms with van der Waals surface area (Å²) in [6.45, 7) is 0.687. The summed E-state index contributed by atoms with van der Waals surface area (Å²) in [5.41, 5.74) is 1.91. The van der Waals surface area contributed by atoms with Gasteiger partial charge in [-0.3, -0.25) is 4.79 Å². The SMILES string of the molecule is Cn1cnc(C(=O)NCC2(c3ccccc3)CCCC2)c1. The second-order valence-corrected chi connectivity index (χ2v) is 5.96. The van der Waals surface area contributed by atoms with Gasteiger partial charge in [-0.25, -0.2) is 4.98 Å². The zero-order valence-electron chi connectivity index (χ0n) is 12.4. The van der Waals surface area contributed by atoms with E-state index in [2.05, 4.69) is 34.6 Å². The van der Waals surface area contributed by atoms with E-state index in [1.165, 1.54) is 18.4 Å². The van der Waals surface area contributed by atoms with Gasteiger partial charge in [0, 0.05) is 25.2 Å². The Morgan fingerprint density at radius 3 is 2.62 bits per heavy atom. The molecule has 1 aliphatic carbocycles. The van der Waals surface area contributed by atoms with Crippen LogP contribution in [0.5, 0.6) is 0 Å². The number of hydrogen-bond acceptors (Lipinski definition) is 2. The van der Waals surface area contributed by atoms with Crippen molar-refractivity contribution >= 4 is 5.91 Å². The molecule has 1 saturated carbocycles. The van der Waals surface area contributed by atoms with Crippen LogP contribution in [0.1, 0.15) is 41.7 Å². The van der Waals surface area contributed by atoms with Crippen LogP contribution in [0.15, 0.2) is 42.9 Å². The number of rotatable bonds is 4. The van der Waals surface area contributed by atoms with Crippen molar-refractivity contribution in [2.45, 2.75) is 31.1 Å². The molecule has 0 bridgehead atoms. The zero-order chi connectivity index (χ0) is 14.7. The third-order valence-corrected chi connectivity index (χ3v) is 4.47. The van der Waals surface area contributed by atoms with E-state index in [0.717, 1.165) is 12.8 Å². The van der Waals surface area contributed by atoms with Gasteiger partial charge in [0.05, 0.1) is 6.33 Å². The molecule has 1 aromatic heterocycles. The number of aryl methyl sites for hydroxylation is 1. The van der Waals surface area contributed by atoms with Gasteiger partial charge < -0.3 is 9.88 Å². The topological polar surface area (TPSA) is 46.9 Å². The van der Waals surface area contributed by atoms with Crippen LogP contribution in [0.25, 0.3) is 0 Å². The van der Waals surface area contributed by atoms with Crippen LogP contribution in [-0.2, 0) is 12.5 Å². The van der Waals surface area contributed by atoms with Gasteiger partial charge in [-0.2, -0.15) is 0 Å². The minimum absolute atomic E-state index is 0.0854. The van der Waals surface area contributed by atoms with E-state index in [1.54, 1.807) is 17.1 Å². The van der Waals surface area contributed by atoms with Gasteiger partial charge in [0.25, 0.3) is 5.91 Å². The van der Waals surface area contributed by atoms with E-state index >= 15 is 0 Å². The van der Waals surface area contributed by atoms with Crippen LogP contribution in [0.4, 0.5) is 0 Å². The lowest BCUT2D eigenvalue weighted by atomic mass is 9.79. The average molecular weight is 283 g/mol. The molecule has 1 aliphatic rings. The third-order valence-electron chi connectivity index (χ3n) is 4.47. The minimum atomic E-state index is -0.0854. The zero-order valence-corrected chi connectivity index (χ0v) is 12.4. The molecule has 0 unspecified atom stereocenters. The van der Waals surface area contributed by atoms with Crippen LogP contribution < -0.4 is 5.32 Å². The van der Waals surface area contributed by atoms with Crippen molar-refractivity contribution in [2.24, 2.45) is 7.05 Å². The molecule has 1 N–H and O–H groups in total. The fourth-order valence-electron chi connectivity index (χ4n) is 3.28. The Morgan fingerprint density at radius 2 is 2.00 bits per heavy atom. The highest BCUT2D eigenvalue weighted by atomic mass is 16.1. The Balaban J connectivity index is 1.73. The van der Waals surface area contributed by atoms with Crippen molar-refractivity contribution in [3.05, 3.63) is 54.1 Å². The molecule has 0 aliphatic heterocycles. The van der Waals surface area contributed by atoms with Gasteiger partial charge in [-0.15, -0.1) is 0 Å². The number of nitrogens with one attached hydrogen (secondary N) is 1. The summed E-state index contributed by atoms with van der Waals surface area (Å²) < 4.78 is 1.79. The molecule has 3 rings (SSSR count). The van der Waals surface area contributed by atoms with Gasteiger partial charge in [-0.05, 0) is 18.4 Å². The maximum absolute atomic E-state index is 12.2. The first-order valence-electron chi connectivity index (χ1n) is 7.51. The Bertz CT molecular complexity index is 612. The summed E-state index contributed by atoms with van der Waals surface area (Å²) in [5.74, 6) is -0.0854. The average Bonchev–Trinajstić information content (AvgIpc) is 3.16. The van der Waals surface area contributed by atoms with E-state index in [9.17, 15) is 4.79 Å². The van der Waals surface area contributed by atoms with Gasteiger partial charge in [0.15, 0.2) is 0 Å². The Morgan fingerprint density at radius 1 is 1.29 bits per heavy atom. The van der Waals surface area contributed by atoms with E-state index < -0.39 is 0 Å². The summed E-state index contributed by atoms with van der Waals surface area (Å²) in [6, 6.07) is 10.6. The number of imidazole rings is 1. The molecule has 1 aromatic carbocycles. The summed E-state index contributed by atoms with van der Waals surface area (Å²) >= 11 is 0. The van der Waals surface area contributed by atoms with Crippen molar-refractivity contribution in [3.63, 3.8) is 0 Å². The van der Waals surface area contributed by atoms with Crippen molar-refractivity contribution < 1.29 is 4.79 Å². The van der Waals surface area contributed by atoms with Gasteiger partial charge in [-0.1, -0.05) is 43.2 Å². The Labute approximate surface area is 125 Å². The first kappa shape index (κ1) is 13.9. The maximum atomic E-state index is 12.2. The molecular weight excluding hydrogens is 262 g/mol. The second-order valence-electron chi connectivity index (χ2n) is 5.96. The van der Waals surface area contributed by atoms with Gasteiger partial charge in [0.2, 0.25) is 0 Å². The fraction of sp³-hybridized carbons (Fsp3) is 0.412. The number of aromatic nitrogens is 2. The molecule has 110 valence electrons. The molecule has 0 spiro atoms. The van der Waals surface area contributed by atoms with Crippen LogP contribution in [0.2, 0.25) is 0 Å². The summed E-state index contributed by atoms with van der Waals surface area (Å²) in [5, 5.41) is 3.08. The lowest BCUT2D eigenvalue weighted by molar-refractivity contribution is 0.0938. The molecule has 1 fully saturated rings. The standard InChI is InChI=1S/C17H21N3O/c1-20-11-15(19-13-20)16(21)18-12-17(9-5-6-10-17)14-7-3-2-4-8-14/h2-4,7-8,11,13H,5-6,9-10,12H2,1H3,(H,18,21). The molecule has 1 heterocycles. The van der Waals surface area contributed by atoms with Gasteiger partial charge >= 0.3 is 0 Å². The molecule has 21 heavy (non-hydrogen) atoms. The first-order chi connectivity index (χ1) is 10.2. The minimum Gasteiger partial charge on any atom is -0.350 e. The highest BCUT2D eigenvalue weighted by Gasteiger charge is 2.35. The van der Waals surface area contributed by atoms with Crippen molar-refractivity contribution in [1.29, 1.82) is 0 Å². The Kier molecular flexibility index (Phi) is 3.78. The third kappa shape index (κ3) is 2.84. The number of benzene rings is 1. The molecule has 4 heteroatoms. The number of amides is 1. The quantitative estimate of drug-likeness (QED) is 0.937. The van der Waals surface area contributed by atoms with Crippen LogP contribution >= 0.6 is 0 Å². The van der Waals surface area contributed by atoms with Crippen LogP contribution in [0.3, 0.4) is 0 Å². The van der Waals surface area contributed by atoms with E-state index in [0.29, 0.717) is 12.2 Å². The van der Waals surface area contributed by atoms with E-state index in [-0.39, 0.29) is 11.3 Å². The number of carbonyl (C=O) groups excluding carboxylic acids is 1. The van der Waals surface area contributed by atoms with E-state index in [4.69, 9.17) is 0 Å². The summed E-state index contributed by atoms with van der Waals surface area (Å²) in [7, 11) is 1.87. The number of carbonyl (C=O) groups is 1. The molecular formula is C17H21N3O. The molecule has 2 aromatic rings. The predicted molar refractivity (Wildman–Crippen MR) is 82.1 cm³/mol. The summed E-state index contributed by atoms with van der Waals surface area (Å²) in [4.78, 5) is 16.3. The highest BCUT2D eigenvalue weighted by Crippen LogP contribution is 2.40. The first-order valence-corrected chi connectivity index (χ1v) is 7.51. The van der Waals surface area contributed by atoms with Crippen molar-refractivity contribution in [2.75, 3.05) is 6.54 Å². The van der Waals surface area contributed by atoms with Crippen molar-refractivity contribution in [1.82, 2.24) is 14.9 Å². The molecule has 0 saturated heterocycles. The summed E-state index contributed by atoms with van der Waals surface area (Å²) in [6.07, 6.45) is 8.14. The lowest BCUT2D eigenvalue weighted by Gasteiger charge is -2.29. The predicted octanol–water partition coefficient (Wildman–Crippen LogP) is 2.66. The van der Waals surface area contributed by atoms with Crippen LogP contribution in [-0.4, -0.2) is 22.0 Å². The largest absolute Gasteiger partial charge is 0.350 e. The molecule has 1 amide bonds. The normalized spacial score (nSPS) is 16.8. The monoisotopic (exact) mass is 283 g/mol. The molecule has 0 atom stereocenters. The number of hydrogen-bond donors (Lipinski definition) is 1. The maximum Gasteiger partial charge on any atom is 0.271 e. The number of nitrogens with zero attached hydrogens (tertiary/aromatic N) is 2. The Hall–Kier alpha value is -2.10. The van der Waals surface area contributed by atoms with Crippen molar-refractivity contribution in [3.8, 4) is 0 Å². The highest BCUT2D eigenvalue weighted by molar-refractivity contribution is 5.92. The smallest absolute Gasteiger partial charge is 0.271 e. The molecule has 0 radical (unpaired) electrons. The van der Waals surface area contributed by atoms with Crippen LogP contribution in [0, 0.1) is 0 Å². The lowest BCUT2D eigenvalue weighted by Crippen LogP contribution is -2.39. The van der Waals surface area contributed by atoms with Gasteiger partial charge in [0.1, 0.15) is 5.69 Å². The fourth-order valence-corrected chi connectivity index (χ4v) is 3.28.